The summed E-state index contributed by atoms with van der Waals surface area (Å²) in [7, 11) is -1.07. The van der Waals surface area contributed by atoms with E-state index in [0.717, 1.165) is 28.0 Å². The molecular weight excluding hydrogens is 444 g/mol. The minimum absolute atomic E-state index is 0.384. The molecule has 8 rings (SSSR count). The lowest BCUT2D eigenvalue weighted by molar-refractivity contribution is -0.179. The van der Waals surface area contributed by atoms with Crippen molar-refractivity contribution in [2.45, 2.75) is 47.5 Å². The first-order valence-corrected chi connectivity index (χ1v) is 15.2. The minimum Gasteiger partial charge on any atom is -0.385 e. The van der Waals surface area contributed by atoms with Crippen LogP contribution in [0.3, 0.4) is 0 Å². The predicted octanol–water partition coefficient (Wildman–Crippen LogP) is 8.11. The van der Waals surface area contributed by atoms with Crippen molar-refractivity contribution < 1.29 is 5.11 Å². The Hall–Kier alpha value is -1.74. The molecule has 0 radical (unpaired) electrons. The molecule has 0 atom stereocenters. The Morgan fingerprint density at radius 3 is 2.15 bits per heavy atom. The van der Waals surface area contributed by atoms with Crippen molar-refractivity contribution in [1.29, 1.82) is 0 Å². The summed E-state index contributed by atoms with van der Waals surface area (Å²) in [5, 5.41) is 13.1. The third-order valence-electron chi connectivity index (χ3n) is 9.37. The Kier molecular flexibility index (Phi) is 4.31. The summed E-state index contributed by atoms with van der Waals surface area (Å²) in [5.41, 5.74) is 5.46. The van der Waals surface area contributed by atoms with E-state index in [1.165, 1.54) is 58.6 Å². The third-order valence-corrected chi connectivity index (χ3v) is 12.5. The molecular formula is C30H31ClOS. The van der Waals surface area contributed by atoms with Crippen molar-refractivity contribution in [3.8, 4) is 22.3 Å². The molecule has 0 unspecified atom stereocenters. The summed E-state index contributed by atoms with van der Waals surface area (Å²) < 4.78 is 0. The number of fused-ring (bicyclic) bond motifs is 3. The van der Waals surface area contributed by atoms with E-state index in [9.17, 15) is 5.11 Å². The lowest BCUT2D eigenvalue weighted by atomic mass is 9.48. The van der Waals surface area contributed by atoms with Crippen LogP contribution in [0.4, 0.5) is 0 Å². The van der Waals surface area contributed by atoms with Gasteiger partial charge < -0.3 is 5.11 Å². The monoisotopic (exact) mass is 474 g/mol. The zero-order valence-electron chi connectivity index (χ0n) is 19.4. The van der Waals surface area contributed by atoms with Crippen molar-refractivity contribution in [2.24, 2.45) is 23.7 Å². The average molecular weight is 475 g/mol. The second-order valence-corrected chi connectivity index (χ2v) is 15.3. The Bertz CT molecular complexity index is 1260. The van der Waals surface area contributed by atoms with Crippen LogP contribution in [0.1, 0.15) is 37.7 Å². The fourth-order valence-electron chi connectivity index (χ4n) is 8.03. The average Bonchev–Trinajstić information content (AvgIpc) is 3.03. The van der Waals surface area contributed by atoms with Crippen LogP contribution in [-0.2, 0) is 5.60 Å². The van der Waals surface area contributed by atoms with E-state index in [1.807, 2.05) is 6.07 Å². The van der Waals surface area contributed by atoms with E-state index < -0.39 is 15.6 Å². The normalized spacial score (nSPS) is 33.6. The summed E-state index contributed by atoms with van der Waals surface area (Å²) in [4.78, 5) is 2.92. The van der Waals surface area contributed by atoms with Gasteiger partial charge >= 0.3 is 0 Å². The van der Waals surface area contributed by atoms with Crippen LogP contribution in [0.5, 0.6) is 0 Å². The molecule has 5 aliphatic rings. The predicted molar refractivity (Wildman–Crippen MR) is 139 cm³/mol. The Balaban J connectivity index is 1.39. The van der Waals surface area contributed by atoms with Crippen LogP contribution in [-0.4, -0.2) is 17.6 Å². The Morgan fingerprint density at radius 2 is 1.42 bits per heavy atom. The second kappa shape index (κ2) is 6.90. The van der Waals surface area contributed by atoms with Crippen molar-refractivity contribution in [3.05, 3.63) is 71.2 Å². The molecule has 4 bridgehead atoms. The van der Waals surface area contributed by atoms with Gasteiger partial charge in [0.15, 0.2) is 0 Å². The molecule has 4 fully saturated rings. The largest absolute Gasteiger partial charge is 0.385 e. The smallest absolute Gasteiger partial charge is 0.0958 e. The molecule has 3 aromatic carbocycles. The number of rotatable bonds is 2. The number of benzene rings is 3. The van der Waals surface area contributed by atoms with Gasteiger partial charge in [-0.3, -0.25) is 0 Å². The van der Waals surface area contributed by atoms with Gasteiger partial charge in [-0.2, -0.15) is 10.0 Å². The highest BCUT2D eigenvalue weighted by molar-refractivity contribution is 8.33. The van der Waals surface area contributed by atoms with Crippen LogP contribution >= 0.6 is 21.6 Å². The van der Waals surface area contributed by atoms with Crippen LogP contribution in [0.2, 0.25) is 5.02 Å². The number of hydrogen-bond donors (Lipinski definition) is 1. The number of aliphatic hydroxyl groups is 1. The zero-order valence-corrected chi connectivity index (χ0v) is 20.9. The first kappa shape index (κ1) is 20.6. The molecule has 3 aromatic rings. The topological polar surface area (TPSA) is 20.2 Å². The Labute approximate surface area is 203 Å². The number of halogens is 1. The van der Waals surface area contributed by atoms with Crippen LogP contribution in [0, 0.1) is 23.7 Å². The van der Waals surface area contributed by atoms with Crippen LogP contribution in [0.15, 0.2) is 70.5 Å². The van der Waals surface area contributed by atoms with Crippen molar-refractivity contribution >= 4 is 21.6 Å². The molecule has 0 amide bonds. The van der Waals surface area contributed by atoms with Gasteiger partial charge in [0.2, 0.25) is 0 Å². The van der Waals surface area contributed by atoms with Crippen molar-refractivity contribution in [2.75, 3.05) is 12.5 Å². The van der Waals surface area contributed by atoms with Gasteiger partial charge in [-0.05, 0) is 120 Å². The molecule has 0 saturated heterocycles. The maximum Gasteiger partial charge on any atom is 0.0958 e. The summed E-state index contributed by atoms with van der Waals surface area (Å²) in [6.07, 6.45) is 10.9. The zero-order chi connectivity index (χ0) is 22.5. The molecule has 33 heavy (non-hydrogen) atoms. The lowest BCUT2D eigenvalue weighted by Gasteiger charge is -2.59. The van der Waals surface area contributed by atoms with Crippen molar-refractivity contribution in [1.82, 2.24) is 0 Å². The highest BCUT2D eigenvalue weighted by Crippen LogP contribution is 2.68. The summed E-state index contributed by atoms with van der Waals surface area (Å²) in [6.45, 7) is 0. The highest BCUT2D eigenvalue weighted by Gasteiger charge is 2.57. The molecule has 3 heteroatoms. The summed E-state index contributed by atoms with van der Waals surface area (Å²) in [5.74, 6) is 2.42. The molecule has 1 nitrogen and oxygen atoms in total. The molecule has 1 heterocycles. The molecule has 0 aromatic heterocycles. The third kappa shape index (κ3) is 2.78. The van der Waals surface area contributed by atoms with Crippen LogP contribution < -0.4 is 0 Å². The fourth-order valence-corrected chi connectivity index (χ4v) is 10.7. The van der Waals surface area contributed by atoms with E-state index in [1.54, 1.807) is 0 Å². The van der Waals surface area contributed by atoms with Gasteiger partial charge in [0.1, 0.15) is 0 Å². The van der Waals surface area contributed by atoms with Gasteiger partial charge in [-0.25, -0.2) is 0 Å². The SMILES string of the molecule is CS1(C)c2ccccc2-c2ccc(-c3cc(Cl)ccc3C3(O)C4CC5CC(C4)CC3C5)cc21. The van der Waals surface area contributed by atoms with E-state index in [0.29, 0.717) is 11.8 Å². The fraction of sp³-hybridized carbons (Fsp3) is 0.400. The van der Waals surface area contributed by atoms with E-state index >= 15 is 0 Å². The second-order valence-electron chi connectivity index (χ2n) is 11.4. The molecule has 1 aliphatic heterocycles. The maximum absolute atomic E-state index is 12.4. The van der Waals surface area contributed by atoms with E-state index in [2.05, 4.69) is 67.1 Å². The van der Waals surface area contributed by atoms with E-state index in [-0.39, 0.29) is 0 Å². The first-order chi connectivity index (χ1) is 15.9. The van der Waals surface area contributed by atoms with Crippen molar-refractivity contribution in [3.63, 3.8) is 0 Å². The molecule has 4 saturated carbocycles. The van der Waals surface area contributed by atoms with Gasteiger partial charge in [-0.1, -0.05) is 48.0 Å². The molecule has 4 aliphatic carbocycles. The highest BCUT2D eigenvalue weighted by atomic mass is 35.5. The van der Waals surface area contributed by atoms with Gasteiger partial charge in [-0.15, -0.1) is 0 Å². The van der Waals surface area contributed by atoms with Gasteiger partial charge in [0.05, 0.1) is 5.60 Å². The van der Waals surface area contributed by atoms with Gasteiger partial charge in [0.25, 0.3) is 0 Å². The summed E-state index contributed by atoms with van der Waals surface area (Å²) in [6, 6.07) is 22.1. The standard InChI is InChI=1S/C30H31ClOS/c1-33(2)28-6-4-3-5-24(28)25-9-7-20(16-29(25)33)26-17-23(31)8-10-27(26)30(32)21-12-18-11-19(14-21)15-22(30)13-18/h3-10,16-19,21-22,32H,11-15H2,1-2H3. The van der Waals surface area contributed by atoms with E-state index in [4.69, 9.17) is 11.6 Å². The number of hydrogen-bond acceptors (Lipinski definition) is 1. The quantitative estimate of drug-likeness (QED) is 0.397. The molecule has 1 N–H and O–H groups in total. The van der Waals surface area contributed by atoms with Gasteiger partial charge in [0, 0.05) is 14.8 Å². The first-order valence-electron chi connectivity index (χ1n) is 12.4. The molecule has 170 valence electrons. The minimum atomic E-state index is -1.07. The van der Waals surface area contributed by atoms with Crippen LogP contribution in [0.25, 0.3) is 22.3 Å². The lowest BCUT2D eigenvalue weighted by Crippen LogP contribution is -2.55. The Morgan fingerprint density at radius 1 is 0.758 bits per heavy atom. The maximum atomic E-state index is 12.4. The molecule has 0 spiro atoms. The summed E-state index contributed by atoms with van der Waals surface area (Å²) >= 11 is 6.57.